The van der Waals surface area contributed by atoms with E-state index in [1.807, 2.05) is 7.05 Å². The molecule has 1 aliphatic heterocycles. The van der Waals surface area contributed by atoms with Crippen LogP contribution in [-0.2, 0) is 11.3 Å². The number of aliphatic hydroxyl groups is 1. The van der Waals surface area contributed by atoms with Crippen molar-refractivity contribution in [2.24, 2.45) is 0 Å². The number of ether oxygens (including phenoxy) is 1. The van der Waals surface area contributed by atoms with Gasteiger partial charge in [-0.1, -0.05) is 0 Å². The Morgan fingerprint density at radius 2 is 2.26 bits per heavy atom. The van der Waals surface area contributed by atoms with Crippen LogP contribution in [0.3, 0.4) is 0 Å². The summed E-state index contributed by atoms with van der Waals surface area (Å²) in [6.45, 7) is 5.74. The van der Waals surface area contributed by atoms with E-state index >= 15 is 0 Å². The van der Waals surface area contributed by atoms with Gasteiger partial charge < -0.3 is 9.84 Å². The minimum Gasteiger partial charge on any atom is -0.390 e. The molecule has 2 heterocycles. The number of aliphatic hydroxyl groups excluding tert-OH is 1. The van der Waals surface area contributed by atoms with E-state index in [0.29, 0.717) is 6.54 Å². The Balaban J connectivity index is 1.70. The number of thiophene rings is 1. The van der Waals surface area contributed by atoms with Crippen molar-refractivity contribution in [2.75, 3.05) is 46.4 Å². The van der Waals surface area contributed by atoms with Crippen molar-refractivity contribution >= 4 is 27.3 Å². The molecular formula is C13H21BrN2O2S. The summed E-state index contributed by atoms with van der Waals surface area (Å²) in [7, 11) is 2.05. The first-order valence-corrected chi connectivity index (χ1v) is 8.20. The number of hydrogen-bond donors (Lipinski definition) is 1. The standard InChI is InChI=1S/C13H21BrN2O2S/c1-15(7-11-6-13(14)19-10-11)8-12(17)9-16-2-4-18-5-3-16/h6,10,12,17H,2-5,7-9H2,1H3. The summed E-state index contributed by atoms with van der Waals surface area (Å²) in [5.74, 6) is 0. The van der Waals surface area contributed by atoms with E-state index in [-0.39, 0.29) is 6.10 Å². The molecule has 0 aliphatic carbocycles. The molecule has 1 saturated heterocycles. The molecule has 2 rings (SSSR count). The summed E-state index contributed by atoms with van der Waals surface area (Å²) in [6.07, 6.45) is -0.301. The van der Waals surface area contributed by atoms with Crippen LogP contribution in [0, 0.1) is 0 Å². The first-order valence-electron chi connectivity index (χ1n) is 6.53. The van der Waals surface area contributed by atoms with Crippen LogP contribution in [0.1, 0.15) is 5.56 Å². The van der Waals surface area contributed by atoms with Gasteiger partial charge in [0.1, 0.15) is 0 Å². The lowest BCUT2D eigenvalue weighted by atomic mass is 10.2. The predicted octanol–water partition coefficient (Wildman–Crippen LogP) is 1.64. The topological polar surface area (TPSA) is 35.9 Å². The molecule has 0 amide bonds. The average Bonchev–Trinajstić information content (AvgIpc) is 2.75. The molecule has 1 aromatic heterocycles. The van der Waals surface area contributed by atoms with Gasteiger partial charge in [-0.2, -0.15) is 0 Å². The first-order chi connectivity index (χ1) is 9.13. The van der Waals surface area contributed by atoms with Crippen LogP contribution < -0.4 is 0 Å². The van der Waals surface area contributed by atoms with Crippen molar-refractivity contribution in [3.05, 3.63) is 20.8 Å². The van der Waals surface area contributed by atoms with Crippen LogP contribution in [-0.4, -0.2) is 67.5 Å². The maximum atomic E-state index is 10.1. The second-order valence-electron chi connectivity index (χ2n) is 5.02. The van der Waals surface area contributed by atoms with E-state index in [9.17, 15) is 5.11 Å². The molecule has 0 saturated carbocycles. The number of rotatable bonds is 6. The Morgan fingerprint density at radius 3 is 2.89 bits per heavy atom. The highest BCUT2D eigenvalue weighted by Crippen LogP contribution is 2.21. The molecule has 19 heavy (non-hydrogen) atoms. The molecule has 1 unspecified atom stereocenters. The van der Waals surface area contributed by atoms with Gasteiger partial charge in [-0.25, -0.2) is 0 Å². The molecule has 6 heteroatoms. The molecule has 4 nitrogen and oxygen atoms in total. The molecule has 1 atom stereocenters. The Morgan fingerprint density at radius 1 is 1.53 bits per heavy atom. The zero-order chi connectivity index (χ0) is 13.7. The monoisotopic (exact) mass is 348 g/mol. The quantitative estimate of drug-likeness (QED) is 0.847. The van der Waals surface area contributed by atoms with Crippen molar-refractivity contribution in [1.82, 2.24) is 9.80 Å². The minimum absolute atomic E-state index is 0.301. The van der Waals surface area contributed by atoms with Crippen molar-refractivity contribution in [1.29, 1.82) is 0 Å². The van der Waals surface area contributed by atoms with Gasteiger partial charge in [-0.15, -0.1) is 11.3 Å². The van der Waals surface area contributed by atoms with E-state index in [1.54, 1.807) is 11.3 Å². The van der Waals surface area contributed by atoms with E-state index in [0.717, 1.165) is 43.2 Å². The highest BCUT2D eigenvalue weighted by Gasteiger charge is 2.16. The third kappa shape index (κ3) is 5.49. The number of morpholine rings is 1. The summed E-state index contributed by atoms with van der Waals surface area (Å²) in [6, 6.07) is 2.13. The van der Waals surface area contributed by atoms with Crippen molar-refractivity contribution in [2.45, 2.75) is 12.6 Å². The van der Waals surface area contributed by atoms with Crippen molar-refractivity contribution in [3.8, 4) is 0 Å². The fourth-order valence-corrected chi connectivity index (χ4v) is 3.50. The largest absolute Gasteiger partial charge is 0.390 e. The average molecular weight is 349 g/mol. The Bertz CT molecular complexity index is 382. The Hall–Kier alpha value is 0.0200. The predicted molar refractivity (Wildman–Crippen MR) is 81.6 cm³/mol. The summed E-state index contributed by atoms with van der Waals surface area (Å²) >= 11 is 5.17. The molecule has 0 bridgehead atoms. The fourth-order valence-electron chi connectivity index (χ4n) is 2.30. The van der Waals surface area contributed by atoms with Gasteiger partial charge in [0.2, 0.25) is 0 Å². The van der Waals surface area contributed by atoms with Gasteiger partial charge in [-0.3, -0.25) is 9.80 Å². The van der Waals surface area contributed by atoms with Crippen molar-refractivity contribution in [3.63, 3.8) is 0 Å². The minimum atomic E-state index is -0.301. The van der Waals surface area contributed by atoms with Crippen LogP contribution in [0.4, 0.5) is 0 Å². The highest BCUT2D eigenvalue weighted by atomic mass is 79.9. The van der Waals surface area contributed by atoms with Crippen LogP contribution in [0.25, 0.3) is 0 Å². The van der Waals surface area contributed by atoms with Gasteiger partial charge in [0, 0.05) is 32.7 Å². The lowest BCUT2D eigenvalue weighted by molar-refractivity contribution is 0.00826. The number of likely N-dealkylation sites (N-methyl/N-ethyl adjacent to an activating group) is 1. The summed E-state index contributed by atoms with van der Waals surface area (Å²) in [5.41, 5.74) is 1.29. The van der Waals surface area contributed by atoms with Gasteiger partial charge in [-0.05, 0) is 40.0 Å². The normalized spacial score (nSPS) is 18.9. The lowest BCUT2D eigenvalue weighted by Gasteiger charge is -2.30. The van der Waals surface area contributed by atoms with Crippen LogP contribution in [0.5, 0.6) is 0 Å². The molecule has 108 valence electrons. The molecule has 1 aliphatic rings. The third-order valence-corrected chi connectivity index (χ3v) is 4.72. The van der Waals surface area contributed by atoms with Gasteiger partial charge in [0.05, 0.1) is 23.1 Å². The van der Waals surface area contributed by atoms with E-state index in [2.05, 4.69) is 37.2 Å². The molecule has 0 radical (unpaired) electrons. The summed E-state index contributed by atoms with van der Waals surface area (Å²) in [4.78, 5) is 4.43. The van der Waals surface area contributed by atoms with Crippen molar-refractivity contribution < 1.29 is 9.84 Å². The van der Waals surface area contributed by atoms with E-state index in [4.69, 9.17) is 4.74 Å². The molecular weight excluding hydrogens is 328 g/mol. The molecule has 0 spiro atoms. The number of hydrogen-bond acceptors (Lipinski definition) is 5. The lowest BCUT2D eigenvalue weighted by Crippen LogP contribution is -2.43. The van der Waals surface area contributed by atoms with E-state index < -0.39 is 0 Å². The molecule has 1 aromatic rings. The van der Waals surface area contributed by atoms with Crippen LogP contribution in [0.15, 0.2) is 15.2 Å². The second-order valence-corrected chi connectivity index (χ2v) is 7.31. The maximum absolute atomic E-state index is 10.1. The van der Waals surface area contributed by atoms with Crippen LogP contribution >= 0.6 is 27.3 Å². The van der Waals surface area contributed by atoms with Gasteiger partial charge in [0.15, 0.2) is 0 Å². The smallest absolute Gasteiger partial charge is 0.0793 e. The Labute approximate surface area is 127 Å². The maximum Gasteiger partial charge on any atom is 0.0793 e. The molecule has 0 aromatic carbocycles. The zero-order valence-corrected chi connectivity index (χ0v) is 13.6. The second kappa shape index (κ2) is 7.71. The number of β-amino-alcohol motifs (C(OH)–C–C–N with tert-alkyl or cyclic N) is 1. The SMILES string of the molecule is CN(Cc1csc(Br)c1)CC(O)CN1CCOCC1. The summed E-state index contributed by atoms with van der Waals surface area (Å²) < 4.78 is 6.46. The fraction of sp³-hybridized carbons (Fsp3) is 0.692. The zero-order valence-electron chi connectivity index (χ0n) is 11.2. The Kier molecular flexibility index (Phi) is 6.25. The summed E-state index contributed by atoms with van der Waals surface area (Å²) in [5, 5.41) is 12.3. The van der Waals surface area contributed by atoms with Gasteiger partial charge >= 0.3 is 0 Å². The number of nitrogens with zero attached hydrogens (tertiary/aromatic N) is 2. The molecule has 1 N–H and O–H groups in total. The number of halogens is 1. The highest BCUT2D eigenvalue weighted by molar-refractivity contribution is 9.11. The third-order valence-electron chi connectivity index (χ3n) is 3.17. The van der Waals surface area contributed by atoms with Crippen LogP contribution in [0.2, 0.25) is 0 Å². The molecule has 1 fully saturated rings. The first kappa shape index (κ1) is 15.4. The van der Waals surface area contributed by atoms with Gasteiger partial charge in [0.25, 0.3) is 0 Å². The van der Waals surface area contributed by atoms with E-state index in [1.165, 1.54) is 5.56 Å².